The highest BCUT2D eigenvalue weighted by molar-refractivity contribution is 5.44. The Hall–Kier alpha value is -1.71. The third-order valence-electron chi connectivity index (χ3n) is 6.25. The van der Waals surface area contributed by atoms with Crippen molar-refractivity contribution in [3.8, 4) is 0 Å². The molecule has 0 radical (unpaired) electrons. The Bertz CT molecular complexity index is 753. The molecule has 0 saturated carbocycles. The van der Waals surface area contributed by atoms with E-state index in [1.807, 2.05) is 12.1 Å². The third kappa shape index (κ3) is 3.00. The first-order valence-corrected chi connectivity index (χ1v) is 9.25. The summed E-state index contributed by atoms with van der Waals surface area (Å²) >= 11 is 0. The topological polar surface area (TPSA) is 6.48 Å². The highest BCUT2D eigenvalue weighted by Gasteiger charge is 2.40. The first-order chi connectivity index (χ1) is 12.0. The van der Waals surface area contributed by atoms with Gasteiger partial charge in [-0.15, -0.1) is 0 Å². The van der Waals surface area contributed by atoms with E-state index in [0.29, 0.717) is 12.0 Å². The van der Waals surface area contributed by atoms with Gasteiger partial charge < -0.3 is 0 Å². The van der Waals surface area contributed by atoms with Crippen molar-refractivity contribution in [2.45, 2.75) is 37.8 Å². The molecule has 0 bridgehead atoms. The summed E-state index contributed by atoms with van der Waals surface area (Å²) in [5.74, 6) is 0.206. The molecule has 25 heavy (non-hydrogen) atoms. The number of hydrogen-bond donors (Lipinski definition) is 0. The van der Waals surface area contributed by atoms with Crippen LogP contribution in [0.2, 0.25) is 0 Å². The lowest BCUT2D eigenvalue weighted by Gasteiger charge is -2.47. The van der Waals surface area contributed by atoms with Gasteiger partial charge in [0.2, 0.25) is 0 Å². The standard InChI is InChI=1S/C22H27FN2/c1-22(2)15-25(13-12-24(22)3)21-14-20(16-8-10-17(23)11-9-16)18-6-4-5-7-19(18)21/h4-11,20-21H,12-15H2,1-3H3/t20-,21+/m1/s1. The Balaban J connectivity index is 1.66. The van der Waals surface area contributed by atoms with Crippen LogP contribution in [0.3, 0.4) is 0 Å². The van der Waals surface area contributed by atoms with Gasteiger partial charge in [0.1, 0.15) is 5.82 Å². The van der Waals surface area contributed by atoms with E-state index in [2.05, 4.69) is 55.0 Å². The van der Waals surface area contributed by atoms with Gasteiger partial charge in [0.15, 0.2) is 0 Å². The van der Waals surface area contributed by atoms with Crippen LogP contribution < -0.4 is 0 Å². The average Bonchev–Trinajstić information content (AvgIpc) is 2.98. The van der Waals surface area contributed by atoms with E-state index in [1.165, 1.54) is 16.7 Å². The molecular weight excluding hydrogens is 311 g/mol. The largest absolute Gasteiger partial charge is 0.299 e. The van der Waals surface area contributed by atoms with Gasteiger partial charge in [0.25, 0.3) is 0 Å². The van der Waals surface area contributed by atoms with Crippen molar-refractivity contribution in [1.29, 1.82) is 0 Å². The molecule has 0 N–H and O–H groups in total. The maximum Gasteiger partial charge on any atom is 0.123 e. The minimum absolute atomic E-state index is 0.160. The van der Waals surface area contributed by atoms with Crippen molar-refractivity contribution in [1.82, 2.24) is 9.80 Å². The molecule has 3 heteroatoms. The number of benzene rings is 2. The van der Waals surface area contributed by atoms with Crippen molar-refractivity contribution in [2.24, 2.45) is 0 Å². The van der Waals surface area contributed by atoms with Gasteiger partial charge in [0, 0.05) is 37.1 Å². The van der Waals surface area contributed by atoms with Crippen LogP contribution in [0.1, 0.15) is 48.9 Å². The van der Waals surface area contributed by atoms with E-state index in [4.69, 9.17) is 0 Å². The molecule has 1 heterocycles. The molecule has 2 aromatic carbocycles. The highest BCUT2D eigenvalue weighted by atomic mass is 19.1. The lowest BCUT2D eigenvalue weighted by Crippen LogP contribution is -2.58. The summed E-state index contributed by atoms with van der Waals surface area (Å²) in [6.07, 6.45) is 1.09. The normalized spacial score (nSPS) is 26.6. The predicted octanol–water partition coefficient (Wildman–Crippen LogP) is 4.43. The van der Waals surface area contributed by atoms with Crippen LogP contribution in [0.4, 0.5) is 4.39 Å². The molecule has 0 unspecified atom stereocenters. The van der Waals surface area contributed by atoms with Crippen LogP contribution in [-0.2, 0) is 0 Å². The maximum atomic E-state index is 13.3. The van der Waals surface area contributed by atoms with Crippen molar-refractivity contribution >= 4 is 0 Å². The first kappa shape index (κ1) is 16.7. The number of hydrogen-bond acceptors (Lipinski definition) is 2. The van der Waals surface area contributed by atoms with Crippen LogP contribution in [0.15, 0.2) is 48.5 Å². The fourth-order valence-electron chi connectivity index (χ4n) is 4.51. The average molecular weight is 338 g/mol. The fourth-order valence-corrected chi connectivity index (χ4v) is 4.51. The van der Waals surface area contributed by atoms with Gasteiger partial charge in [-0.25, -0.2) is 4.39 Å². The summed E-state index contributed by atoms with van der Waals surface area (Å²) in [6.45, 7) is 7.95. The monoisotopic (exact) mass is 338 g/mol. The van der Waals surface area contributed by atoms with Crippen molar-refractivity contribution in [3.63, 3.8) is 0 Å². The molecule has 1 aliphatic heterocycles. The third-order valence-corrected chi connectivity index (χ3v) is 6.25. The molecule has 1 fully saturated rings. The molecule has 132 valence electrons. The summed E-state index contributed by atoms with van der Waals surface area (Å²) < 4.78 is 13.3. The zero-order chi connectivity index (χ0) is 17.6. The van der Waals surface area contributed by atoms with Crippen LogP contribution in [-0.4, -0.2) is 42.0 Å². The van der Waals surface area contributed by atoms with E-state index in [1.54, 1.807) is 12.1 Å². The lowest BCUT2D eigenvalue weighted by atomic mass is 9.93. The molecule has 2 nitrogen and oxygen atoms in total. The Morgan fingerprint density at radius 3 is 2.32 bits per heavy atom. The molecule has 0 aromatic heterocycles. The van der Waals surface area contributed by atoms with Gasteiger partial charge in [-0.1, -0.05) is 36.4 Å². The summed E-state index contributed by atoms with van der Waals surface area (Å²) in [7, 11) is 2.22. The Kier molecular flexibility index (Phi) is 4.17. The van der Waals surface area contributed by atoms with Crippen molar-refractivity contribution in [2.75, 3.05) is 26.7 Å². The van der Waals surface area contributed by atoms with Crippen LogP contribution in [0.5, 0.6) is 0 Å². The van der Waals surface area contributed by atoms with E-state index in [-0.39, 0.29) is 11.4 Å². The minimum Gasteiger partial charge on any atom is -0.299 e. The molecule has 2 atom stereocenters. The Morgan fingerprint density at radius 1 is 0.960 bits per heavy atom. The van der Waals surface area contributed by atoms with Crippen LogP contribution >= 0.6 is 0 Å². The highest BCUT2D eigenvalue weighted by Crippen LogP contribution is 2.47. The fraction of sp³-hybridized carbons (Fsp3) is 0.455. The second-order valence-electron chi connectivity index (χ2n) is 8.19. The molecule has 1 aliphatic carbocycles. The number of rotatable bonds is 2. The molecule has 1 saturated heterocycles. The quantitative estimate of drug-likeness (QED) is 0.799. The van der Waals surface area contributed by atoms with Crippen molar-refractivity contribution < 1.29 is 4.39 Å². The summed E-state index contributed by atoms with van der Waals surface area (Å²) in [4.78, 5) is 5.12. The lowest BCUT2D eigenvalue weighted by molar-refractivity contribution is 0.0158. The van der Waals surface area contributed by atoms with Gasteiger partial charge in [-0.05, 0) is 56.1 Å². The van der Waals surface area contributed by atoms with Gasteiger partial charge in [0.05, 0.1) is 0 Å². The SMILES string of the molecule is CN1CCN([C@H]2C[C@H](c3ccc(F)cc3)c3ccccc32)CC1(C)C. The Morgan fingerprint density at radius 2 is 1.64 bits per heavy atom. The van der Waals surface area contributed by atoms with E-state index in [9.17, 15) is 4.39 Å². The predicted molar refractivity (Wildman–Crippen MR) is 100 cm³/mol. The number of piperazine rings is 1. The minimum atomic E-state index is -0.160. The zero-order valence-corrected chi connectivity index (χ0v) is 15.4. The number of nitrogens with zero attached hydrogens (tertiary/aromatic N) is 2. The number of likely N-dealkylation sites (N-methyl/N-ethyl adjacent to an activating group) is 1. The first-order valence-electron chi connectivity index (χ1n) is 9.25. The molecule has 0 spiro atoms. The van der Waals surface area contributed by atoms with Crippen LogP contribution in [0, 0.1) is 5.82 Å². The summed E-state index contributed by atoms with van der Waals surface area (Å²) in [5.41, 5.74) is 4.29. The van der Waals surface area contributed by atoms with E-state index >= 15 is 0 Å². The molecule has 4 rings (SSSR count). The summed E-state index contributed by atoms with van der Waals surface area (Å²) in [6, 6.07) is 16.4. The van der Waals surface area contributed by atoms with Gasteiger partial charge in [-0.3, -0.25) is 9.80 Å². The maximum absolute atomic E-state index is 13.3. The van der Waals surface area contributed by atoms with E-state index < -0.39 is 0 Å². The molecular formula is C22H27FN2. The Labute approximate surface area is 150 Å². The van der Waals surface area contributed by atoms with E-state index in [0.717, 1.165) is 26.1 Å². The molecule has 0 amide bonds. The van der Waals surface area contributed by atoms with Gasteiger partial charge in [-0.2, -0.15) is 0 Å². The smallest absolute Gasteiger partial charge is 0.123 e. The summed E-state index contributed by atoms with van der Waals surface area (Å²) in [5, 5.41) is 0. The second kappa shape index (κ2) is 6.22. The van der Waals surface area contributed by atoms with Crippen molar-refractivity contribution in [3.05, 3.63) is 71.0 Å². The second-order valence-corrected chi connectivity index (χ2v) is 8.19. The zero-order valence-electron chi connectivity index (χ0n) is 15.4. The van der Waals surface area contributed by atoms with Gasteiger partial charge >= 0.3 is 0 Å². The number of fused-ring (bicyclic) bond motifs is 1. The molecule has 2 aromatic rings. The molecule has 2 aliphatic rings. The number of halogens is 1. The van der Waals surface area contributed by atoms with Crippen LogP contribution in [0.25, 0.3) is 0 Å².